The fraction of sp³-hybridized carbons (Fsp3) is 0.333. The molecule has 1 aliphatic heterocycles. The predicted octanol–water partition coefficient (Wildman–Crippen LogP) is 3.33. The maximum absolute atomic E-state index is 13.6. The van der Waals surface area contributed by atoms with Gasteiger partial charge in [0.1, 0.15) is 5.82 Å². The quantitative estimate of drug-likeness (QED) is 0.849. The second-order valence-corrected chi connectivity index (χ2v) is 5.99. The van der Waals surface area contributed by atoms with Gasteiger partial charge in [0.05, 0.1) is 10.9 Å². The normalized spacial score (nSPS) is 23.8. The second kappa shape index (κ2) is 5.79. The van der Waals surface area contributed by atoms with Crippen molar-refractivity contribution in [3.05, 3.63) is 40.6 Å². The molecule has 2 aliphatic rings. The highest BCUT2D eigenvalue weighted by Crippen LogP contribution is 2.29. The van der Waals surface area contributed by atoms with Crippen LogP contribution in [0.15, 0.2) is 34.2 Å². The molecule has 3 nitrogen and oxygen atoms in total. The molecule has 1 heterocycles. The molecule has 20 heavy (non-hydrogen) atoms. The highest BCUT2D eigenvalue weighted by molar-refractivity contribution is 8.18. The first-order valence-corrected chi connectivity index (χ1v) is 7.57. The van der Waals surface area contributed by atoms with E-state index in [1.807, 2.05) is 0 Å². The van der Waals surface area contributed by atoms with Gasteiger partial charge < -0.3 is 5.32 Å². The van der Waals surface area contributed by atoms with Crippen molar-refractivity contribution in [2.75, 3.05) is 0 Å². The highest BCUT2D eigenvalue weighted by Gasteiger charge is 2.25. The minimum Gasteiger partial charge on any atom is -0.301 e. The number of amides is 1. The minimum absolute atomic E-state index is 0.199. The number of hydrogen-bond donors (Lipinski definition) is 1. The number of amidine groups is 1. The molecule has 1 N–H and O–H groups in total. The maximum Gasteiger partial charge on any atom is 0.264 e. The number of benzene rings is 1. The van der Waals surface area contributed by atoms with E-state index in [1.54, 1.807) is 24.3 Å². The number of nitrogens with zero attached hydrogens (tertiary/aromatic N) is 1. The molecule has 5 heteroatoms. The van der Waals surface area contributed by atoms with Crippen LogP contribution in [0, 0.1) is 5.82 Å². The van der Waals surface area contributed by atoms with Gasteiger partial charge in [0.25, 0.3) is 5.91 Å². The van der Waals surface area contributed by atoms with E-state index in [9.17, 15) is 9.18 Å². The van der Waals surface area contributed by atoms with E-state index in [0.717, 1.165) is 12.8 Å². The van der Waals surface area contributed by atoms with Gasteiger partial charge in [0.2, 0.25) is 0 Å². The lowest BCUT2D eigenvalue weighted by molar-refractivity contribution is -0.115. The Morgan fingerprint density at radius 2 is 2.05 bits per heavy atom. The van der Waals surface area contributed by atoms with Crippen molar-refractivity contribution in [1.82, 2.24) is 5.32 Å². The van der Waals surface area contributed by atoms with E-state index in [0.29, 0.717) is 21.7 Å². The van der Waals surface area contributed by atoms with Crippen molar-refractivity contribution in [3.8, 4) is 0 Å². The lowest BCUT2D eigenvalue weighted by atomic mass is 10.2. The molecule has 1 amide bonds. The summed E-state index contributed by atoms with van der Waals surface area (Å²) in [5.41, 5.74) is 0.423. The summed E-state index contributed by atoms with van der Waals surface area (Å²) < 4.78 is 13.6. The first kappa shape index (κ1) is 13.4. The van der Waals surface area contributed by atoms with Gasteiger partial charge in [0.15, 0.2) is 5.17 Å². The van der Waals surface area contributed by atoms with E-state index >= 15 is 0 Å². The number of rotatable bonds is 2. The largest absolute Gasteiger partial charge is 0.301 e. The van der Waals surface area contributed by atoms with Gasteiger partial charge in [-0.1, -0.05) is 31.0 Å². The molecule has 1 saturated carbocycles. The van der Waals surface area contributed by atoms with Crippen LogP contribution in [0.2, 0.25) is 0 Å². The predicted molar refractivity (Wildman–Crippen MR) is 79.8 cm³/mol. The zero-order valence-electron chi connectivity index (χ0n) is 10.9. The molecule has 3 rings (SSSR count). The van der Waals surface area contributed by atoms with Gasteiger partial charge in [-0.2, -0.15) is 0 Å². The number of nitrogens with one attached hydrogen (secondary N) is 1. The van der Waals surface area contributed by atoms with Gasteiger partial charge in [-0.25, -0.2) is 4.39 Å². The average molecular weight is 290 g/mol. The summed E-state index contributed by atoms with van der Waals surface area (Å²) in [7, 11) is 0. The van der Waals surface area contributed by atoms with Crippen LogP contribution in [-0.2, 0) is 4.79 Å². The van der Waals surface area contributed by atoms with Crippen LogP contribution in [-0.4, -0.2) is 17.1 Å². The summed E-state index contributed by atoms with van der Waals surface area (Å²) in [6.45, 7) is 0. The molecule has 0 atom stereocenters. The monoisotopic (exact) mass is 290 g/mol. The molecular formula is C15H15FN2OS. The molecular weight excluding hydrogens is 275 g/mol. The van der Waals surface area contributed by atoms with E-state index in [1.165, 1.54) is 30.7 Å². The van der Waals surface area contributed by atoms with E-state index in [4.69, 9.17) is 0 Å². The zero-order valence-corrected chi connectivity index (χ0v) is 11.8. The third kappa shape index (κ3) is 2.93. The van der Waals surface area contributed by atoms with Gasteiger partial charge in [0, 0.05) is 5.56 Å². The molecule has 1 aromatic carbocycles. The number of hydrogen-bond acceptors (Lipinski definition) is 3. The topological polar surface area (TPSA) is 41.5 Å². The molecule has 1 aromatic rings. The molecule has 0 aromatic heterocycles. The summed E-state index contributed by atoms with van der Waals surface area (Å²) in [5.74, 6) is -0.524. The van der Waals surface area contributed by atoms with Crippen LogP contribution < -0.4 is 5.32 Å². The highest BCUT2D eigenvalue weighted by atomic mass is 32.2. The summed E-state index contributed by atoms with van der Waals surface area (Å²) in [5, 5.41) is 3.40. The summed E-state index contributed by atoms with van der Waals surface area (Å²) in [6, 6.07) is 6.75. The Bertz CT molecular complexity index is 591. The molecule has 0 unspecified atom stereocenters. The average Bonchev–Trinajstić information content (AvgIpc) is 3.04. The summed E-state index contributed by atoms with van der Waals surface area (Å²) in [6.07, 6.45) is 6.17. The lowest BCUT2D eigenvalue weighted by Gasteiger charge is -2.02. The van der Waals surface area contributed by atoms with Gasteiger partial charge in [-0.05, 0) is 36.7 Å². The first-order chi connectivity index (χ1) is 9.72. The third-order valence-electron chi connectivity index (χ3n) is 3.47. The summed E-state index contributed by atoms with van der Waals surface area (Å²) >= 11 is 1.29. The number of thioether (sulfide) groups is 1. The Balaban J connectivity index is 1.78. The number of carbonyl (C=O) groups excluding carboxylic acids is 1. The van der Waals surface area contributed by atoms with Crippen LogP contribution in [0.1, 0.15) is 31.2 Å². The third-order valence-corrected chi connectivity index (χ3v) is 4.39. The fourth-order valence-electron chi connectivity index (χ4n) is 2.42. The number of carbonyl (C=O) groups is 1. The Labute approximate surface area is 121 Å². The molecule has 0 radical (unpaired) electrons. The van der Waals surface area contributed by atoms with Gasteiger partial charge in [-0.3, -0.25) is 9.79 Å². The Kier molecular flexibility index (Phi) is 3.87. The van der Waals surface area contributed by atoms with Crippen molar-refractivity contribution in [2.24, 2.45) is 4.99 Å². The van der Waals surface area contributed by atoms with Crippen molar-refractivity contribution >= 4 is 28.9 Å². The van der Waals surface area contributed by atoms with E-state index in [2.05, 4.69) is 10.3 Å². The van der Waals surface area contributed by atoms with Crippen LogP contribution >= 0.6 is 11.8 Å². The second-order valence-electron chi connectivity index (χ2n) is 4.96. The van der Waals surface area contributed by atoms with Crippen LogP contribution in [0.3, 0.4) is 0 Å². The molecule has 104 valence electrons. The van der Waals surface area contributed by atoms with Gasteiger partial charge in [-0.15, -0.1) is 0 Å². The number of halogens is 1. The Hall–Kier alpha value is -1.62. The van der Waals surface area contributed by atoms with Crippen molar-refractivity contribution in [2.45, 2.75) is 31.7 Å². The lowest BCUT2D eigenvalue weighted by Crippen LogP contribution is -2.21. The minimum atomic E-state index is -0.324. The van der Waals surface area contributed by atoms with E-state index in [-0.39, 0.29) is 11.7 Å². The van der Waals surface area contributed by atoms with Crippen LogP contribution in [0.4, 0.5) is 4.39 Å². The zero-order chi connectivity index (χ0) is 13.9. The van der Waals surface area contributed by atoms with Crippen molar-refractivity contribution in [3.63, 3.8) is 0 Å². The van der Waals surface area contributed by atoms with Crippen molar-refractivity contribution in [1.29, 1.82) is 0 Å². The summed E-state index contributed by atoms with van der Waals surface area (Å²) in [4.78, 5) is 16.9. The number of aliphatic imine (C=N–C) groups is 1. The first-order valence-electron chi connectivity index (χ1n) is 6.75. The van der Waals surface area contributed by atoms with Crippen LogP contribution in [0.5, 0.6) is 0 Å². The van der Waals surface area contributed by atoms with E-state index < -0.39 is 0 Å². The standard InChI is InChI=1S/C15H15FN2OS/c16-12-8-4-1-5-10(12)9-13-14(19)18-15(20-13)17-11-6-2-3-7-11/h1,4-5,8-9,11H,2-3,6-7H2,(H,17,18,19). The molecule has 0 spiro atoms. The molecule has 1 aliphatic carbocycles. The molecule has 2 fully saturated rings. The SMILES string of the molecule is O=C1NC(=NC2CCCC2)SC1=Cc1ccccc1F. The van der Waals surface area contributed by atoms with Crippen LogP contribution in [0.25, 0.3) is 6.08 Å². The fourth-order valence-corrected chi connectivity index (χ4v) is 3.30. The van der Waals surface area contributed by atoms with Gasteiger partial charge >= 0.3 is 0 Å². The maximum atomic E-state index is 13.6. The van der Waals surface area contributed by atoms with Crippen molar-refractivity contribution < 1.29 is 9.18 Å². The Morgan fingerprint density at radius 1 is 1.30 bits per heavy atom. The molecule has 1 saturated heterocycles. The smallest absolute Gasteiger partial charge is 0.264 e. The Morgan fingerprint density at radius 3 is 2.80 bits per heavy atom. The molecule has 0 bridgehead atoms.